The molecule has 0 amide bonds. The summed E-state index contributed by atoms with van der Waals surface area (Å²) < 4.78 is 10.8. The fourth-order valence-electron chi connectivity index (χ4n) is 2.29. The summed E-state index contributed by atoms with van der Waals surface area (Å²) in [5.74, 6) is 0.758. The predicted octanol–water partition coefficient (Wildman–Crippen LogP) is 2.39. The van der Waals surface area contributed by atoms with E-state index in [9.17, 15) is 4.79 Å². The van der Waals surface area contributed by atoms with E-state index in [0.717, 1.165) is 24.1 Å². The third-order valence-corrected chi connectivity index (χ3v) is 3.75. The van der Waals surface area contributed by atoms with Crippen LogP contribution >= 0.6 is 0 Å². The normalized spacial score (nSPS) is 15.7. The van der Waals surface area contributed by atoms with Gasteiger partial charge in [0.15, 0.2) is 0 Å². The summed E-state index contributed by atoms with van der Waals surface area (Å²) in [5.41, 5.74) is 1.23. The molecule has 2 rings (SSSR count). The zero-order valence-electron chi connectivity index (χ0n) is 13.5. The number of carbonyl (C=O) groups excluding carboxylic acids is 1. The molecule has 0 aliphatic heterocycles. The number of aromatic nitrogens is 1. The van der Waals surface area contributed by atoms with Crippen LogP contribution in [0.15, 0.2) is 12.3 Å². The molecule has 116 valence electrons. The van der Waals surface area contributed by atoms with E-state index < -0.39 is 5.41 Å². The van der Waals surface area contributed by atoms with Gasteiger partial charge in [0, 0.05) is 19.7 Å². The van der Waals surface area contributed by atoms with Gasteiger partial charge in [-0.25, -0.2) is 4.98 Å². The van der Waals surface area contributed by atoms with Crippen molar-refractivity contribution in [2.24, 2.45) is 5.92 Å². The lowest BCUT2D eigenvalue weighted by atomic mass is 9.96. The van der Waals surface area contributed by atoms with E-state index >= 15 is 0 Å². The van der Waals surface area contributed by atoms with Crippen LogP contribution in [0.1, 0.15) is 32.3 Å². The highest BCUT2D eigenvalue weighted by Gasteiger charge is 2.54. The average molecular weight is 292 g/mol. The average Bonchev–Trinajstić information content (AvgIpc) is 3.25. The summed E-state index contributed by atoms with van der Waals surface area (Å²) in [6.45, 7) is 4.75. The summed E-state index contributed by atoms with van der Waals surface area (Å²) in [6.07, 6.45) is 3.35. The summed E-state index contributed by atoms with van der Waals surface area (Å²) in [6, 6.07) is 1.99. The van der Waals surface area contributed by atoms with E-state index in [1.807, 2.05) is 25.1 Å². The van der Waals surface area contributed by atoms with Crippen molar-refractivity contribution in [3.05, 3.63) is 17.8 Å². The van der Waals surface area contributed by atoms with E-state index in [4.69, 9.17) is 9.47 Å². The van der Waals surface area contributed by atoms with Gasteiger partial charge in [-0.2, -0.15) is 0 Å². The van der Waals surface area contributed by atoms with Crippen molar-refractivity contribution in [1.82, 2.24) is 4.98 Å². The van der Waals surface area contributed by atoms with Crippen molar-refractivity contribution in [1.29, 1.82) is 0 Å². The quantitative estimate of drug-likeness (QED) is 0.754. The number of pyridine rings is 1. The van der Waals surface area contributed by atoms with Crippen LogP contribution in [0.25, 0.3) is 0 Å². The number of methoxy groups -OCH3 is 1. The second kappa shape index (κ2) is 5.92. The lowest BCUT2D eigenvalue weighted by Crippen LogP contribution is -2.24. The van der Waals surface area contributed by atoms with Gasteiger partial charge in [0.1, 0.15) is 0 Å². The maximum atomic E-state index is 12.1. The molecule has 1 heterocycles. The molecule has 0 saturated heterocycles. The van der Waals surface area contributed by atoms with E-state index in [2.05, 4.69) is 18.8 Å². The van der Waals surface area contributed by atoms with Gasteiger partial charge >= 0.3 is 5.97 Å². The van der Waals surface area contributed by atoms with Crippen molar-refractivity contribution >= 4 is 11.7 Å². The molecular weight excluding hydrogens is 268 g/mol. The monoisotopic (exact) mass is 292 g/mol. The number of ether oxygens (including phenoxy) is 2. The highest BCUT2D eigenvalue weighted by atomic mass is 16.5. The first-order valence-electron chi connectivity index (χ1n) is 7.30. The zero-order valence-corrected chi connectivity index (χ0v) is 13.5. The van der Waals surface area contributed by atoms with Gasteiger partial charge in [-0.05, 0) is 24.8 Å². The van der Waals surface area contributed by atoms with Gasteiger partial charge in [0.2, 0.25) is 5.88 Å². The number of anilines is 1. The van der Waals surface area contributed by atoms with Crippen molar-refractivity contribution in [2.75, 3.05) is 32.7 Å². The summed E-state index contributed by atoms with van der Waals surface area (Å²) in [4.78, 5) is 18.5. The molecule has 1 aliphatic carbocycles. The minimum atomic E-state index is -0.569. The van der Waals surface area contributed by atoms with Gasteiger partial charge in [-0.3, -0.25) is 4.79 Å². The number of esters is 1. The number of carbonyl (C=O) groups is 1. The number of rotatable bonds is 6. The van der Waals surface area contributed by atoms with Crippen LogP contribution in [-0.2, 0) is 14.9 Å². The van der Waals surface area contributed by atoms with Crippen LogP contribution in [0.2, 0.25) is 0 Å². The molecule has 0 bridgehead atoms. The Hall–Kier alpha value is -1.78. The fraction of sp³-hybridized carbons (Fsp3) is 0.625. The molecule has 0 N–H and O–H groups in total. The maximum absolute atomic E-state index is 12.1. The molecule has 1 aromatic heterocycles. The van der Waals surface area contributed by atoms with Crippen LogP contribution in [0.5, 0.6) is 5.88 Å². The molecule has 0 unspecified atom stereocenters. The first-order valence-corrected chi connectivity index (χ1v) is 7.30. The zero-order chi connectivity index (χ0) is 15.6. The Balaban J connectivity index is 2.39. The molecule has 5 heteroatoms. The summed E-state index contributed by atoms with van der Waals surface area (Å²) in [7, 11) is 5.33. The van der Waals surface area contributed by atoms with Crippen molar-refractivity contribution in [3.63, 3.8) is 0 Å². The molecule has 1 aliphatic rings. The lowest BCUT2D eigenvalue weighted by molar-refractivity contribution is -0.143. The SMILES string of the molecule is COC(=O)C1(c2cc(N(C)C)cnc2OCC(C)C)CC1. The molecule has 0 radical (unpaired) electrons. The van der Waals surface area contributed by atoms with Gasteiger partial charge < -0.3 is 14.4 Å². The molecular formula is C16H24N2O3. The van der Waals surface area contributed by atoms with E-state index in [-0.39, 0.29) is 5.97 Å². The number of nitrogens with zero attached hydrogens (tertiary/aromatic N) is 2. The van der Waals surface area contributed by atoms with E-state index in [1.165, 1.54) is 7.11 Å². The smallest absolute Gasteiger partial charge is 0.316 e. The van der Waals surface area contributed by atoms with E-state index in [1.54, 1.807) is 6.20 Å². The highest BCUT2D eigenvalue weighted by molar-refractivity contribution is 5.87. The maximum Gasteiger partial charge on any atom is 0.316 e. The molecule has 5 nitrogen and oxygen atoms in total. The van der Waals surface area contributed by atoms with Crippen LogP contribution in [-0.4, -0.2) is 38.8 Å². The molecule has 21 heavy (non-hydrogen) atoms. The topological polar surface area (TPSA) is 51.7 Å². The second-order valence-corrected chi connectivity index (χ2v) is 6.22. The largest absolute Gasteiger partial charge is 0.477 e. The Bertz CT molecular complexity index is 522. The Morgan fingerprint density at radius 2 is 2.10 bits per heavy atom. The summed E-state index contributed by atoms with van der Waals surface area (Å²) in [5, 5.41) is 0. The van der Waals surface area contributed by atoms with Crippen molar-refractivity contribution < 1.29 is 14.3 Å². The van der Waals surface area contributed by atoms with Crippen LogP contribution < -0.4 is 9.64 Å². The molecule has 0 atom stereocenters. The van der Waals surface area contributed by atoms with Crippen molar-refractivity contribution in [2.45, 2.75) is 32.1 Å². The minimum absolute atomic E-state index is 0.199. The molecule has 0 aromatic carbocycles. The first kappa shape index (κ1) is 15.6. The Kier molecular flexibility index (Phi) is 4.40. The Labute approximate surface area is 126 Å². The second-order valence-electron chi connectivity index (χ2n) is 6.22. The van der Waals surface area contributed by atoms with Gasteiger partial charge in [0.25, 0.3) is 0 Å². The third-order valence-electron chi connectivity index (χ3n) is 3.75. The predicted molar refractivity (Wildman–Crippen MR) is 81.8 cm³/mol. The third kappa shape index (κ3) is 3.12. The molecule has 1 saturated carbocycles. The standard InChI is InChI=1S/C16H24N2O3/c1-11(2)10-21-14-13(8-12(9-17-14)18(3)4)16(6-7-16)15(19)20-5/h8-9,11H,6-7,10H2,1-5H3. The summed E-state index contributed by atoms with van der Waals surface area (Å²) >= 11 is 0. The number of hydrogen-bond donors (Lipinski definition) is 0. The van der Waals surface area contributed by atoms with Crippen LogP contribution in [0.3, 0.4) is 0 Å². The molecule has 1 fully saturated rings. The Morgan fingerprint density at radius 3 is 2.57 bits per heavy atom. The fourth-order valence-corrected chi connectivity index (χ4v) is 2.29. The minimum Gasteiger partial charge on any atom is -0.477 e. The van der Waals surface area contributed by atoms with Crippen molar-refractivity contribution in [3.8, 4) is 5.88 Å². The van der Waals surface area contributed by atoms with Gasteiger partial charge in [0.05, 0.1) is 31.0 Å². The first-order chi connectivity index (χ1) is 9.90. The molecule has 0 spiro atoms. The van der Waals surface area contributed by atoms with Crippen LogP contribution in [0.4, 0.5) is 5.69 Å². The Morgan fingerprint density at radius 1 is 1.43 bits per heavy atom. The van der Waals surface area contributed by atoms with Gasteiger partial charge in [-0.15, -0.1) is 0 Å². The molecule has 1 aromatic rings. The lowest BCUT2D eigenvalue weighted by Gasteiger charge is -2.21. The van der Waals surface area contributed by atoms with Crippen LogP contribution in [0, 0.1) is 5.92 Å². The van der Waals surface area contributed by atoms with Gasteiger partial charge in [-0.1, -0.05) is 13.8 Å². The number of hydrogen-bond acceptors (Lipinski definition) is 5. The highest BCUT2D eigenvalue weighted by Crippen LogP contribution is 2.52. The van der Waals surface area contributed by atoms with E-state index in [0.29, 0.717) is 18.4 Å².